The Hall–Kier alpha value is -2.24. The first-order valence-electron chi connectivity index (χ1n) is 7.00. The van der Waals surface area contributed by atoms with Gasteiger partial charge in [-0.3, -0.25) is 9.59 Å². The van der Waals surface area contributed by atoms with E-state index in [9.17, 15) is 19.8 Å². The summed E-state index contributed by atoms with van der Waals surface area (Å²) in [5.41, 5.74) is 0.342. The molecule has 0 spiro atoms. The van der Waals surface area contributed by atoms with Crippen LogP contribution in [0.1, 0.15) is 36.0 Å². The Morgan fingerprint density at radius 1 is 1.14 bits per heavy atom. The second-order valence-corrected chi connectivity index (χ2v) is 5.37. The monoisotopic (exact) mass is 293 g/mol. The highest BCUT2D eigenvalue weighted by molar-refractivity contribution is 5.95. The second-order valence-electron chi connectivity index (χ2n) is 5.37. The summed E-state index contributed by atoms with van der Waals surface area (Å²) in [7, 11) is 0. The molecule has 1 aliphatic rings. The van der Waals surface area contributed by atoms with E-state index in [1.807, 2.05) is 0 Å². The highest BCUT2D eigenvalue weighted by atomic mass is 16.4. The number of hydrogen-bond donors (Lipinski definition) is 3. The number of phenolic OH excluding ortho intramolecular Hbond substituents is 2. The third kappa shape index (κ3) is 3.87. The predicted molar refractivity (Wildman–Crippen MR) is 75.3 cm³/mol. The number of hydrogen-bond acceptors (Lipinski definition) is 4. The molecule has 1 amide bonds. The Balaban J connectivity index is 1.90. The van der Waals surface area contributed by atoms with Crippen molar-refractivity contribution in [2.75, 3.05) is 13.1 Å². The van der Waals surface area contributed by atoms with Crippen molar-refractivity contribution < 1.29 is 24.9 Å². The number of amides is 1. The van der Waals surface area contributed by atoms with Gasteiger partial charge in [0.05, 0.1) is 0 Å². The molecular weight excluding hydrogens is 274 g/mol. The average Bonchev–Trinajstić information content (AvgIpc) is 2.48. The number of nitrogens with zero attached hydrogens (tertiary/aromatic N) is 1. The minimum Gasteiger partial charge on any atom is -0.504 e. The smallest absolute Gasteiger partial charge is 0.303 e. The summed E-state index contributed by atoms with van der Waals surface area (Å²) in [6.07, 6.45) is 2.41. The van der Waals surface area contributed by atoms with Gasteiger partial charge in [-0.15, -0.1) is 0 Å². The molecule has 0 unspecified atom stereocenters. The SMILES string of the molecule is O=C(O)CCC1CCN(C(=O)c2ccc(O)c(O)c2)CC1. The fraction of sp³-hybridized carbons (Fsp3) is 0.467. The molecular formula is C15H19NO5. The van der Waals surface area contributed by atoms with Gasteiger partial charge in [-0.25, -0.2) is 0 Å². The standard InChI is InChI=1S/C15H19NO5/c17-12-3-2-11(9-13(12)18)15(21)16-7-5-10(6-8-16)1-4-14(19)20/h2-3,9-10,17-18H,1,4-8H2,(H,19,20). The number of phenols is 2. The summed E-state index contributed by atoms with van der Waals surface area (Å²) >= 11 is 0. The van der Waals surface area contributed by atoms with Gasteiger partial charge in [0.1, 0.15) is 0 Å². The predicted octanol–water partition coefficient (Wildman–Crippen LogP) is 1.81. The summed E-state index contributed by atoms with van der Waals surface area (Å²) in [6.45, 7) is 1.18. The van der Waals surface area contributed by atoms with E-state index in [1.54, 1.807) is 4.90 Å². The molecule has 0 radical (unpaired) electrons. The maximum absolute atomic E-state index is 12.3. The van der Waals surface area contributed by atoms with E-state index in [0.717, 1.165) is 12.8 Å². The lowest BCUT2D eigenvalue weighted by molar-refractivity contribution is -0.137. The van der Waals surface area contributed by atoms with Crippen LogP contribution < -0.4 is 0 Å². The molecule has 6 heteroatoms. The number of aromatic hydroxyl groups is 2. The molecule has 0 aromatic heterocycles. The highest BCUT2D eigenvalue weighted by Crippen LogP contribution is 2.27. The van der Waals surface area contributed by atoms with Crippen molar-refractivity contribution in [3.05, 3.63) is 23.8 Å². The third-order valence-corrected chi connectivity index (χ3v) is 3.89. The summed E-state index contributed by atoms with van der Waals surface area (Å²) in [6, 6.07) is 4.03. The lowest BCUT2D eigenvalue weighted by Crippen LogP contribution is -2.38. The number of aliphatic carboxylic acids is 1. The van der Waals surface area contributed by atoms with Crippen LogP contribution in [0.25, 0.3) is 0 Å². The number of carbonyl (C=O) groups excluding carboxylic acids is 1. The molecule has 1 heterocycles. The van der Waals surface area contributed by atoms with E-state index in [-0.39, 0.29) is 23.8 Å². The molecule has 1 aromatic carbocycles. The lowest BCUT2D eigenvalue weighted by atomic mass is 9.92. The quantitative estimate of drug-likeness (QED) is 0.735. The van der Waals surface area contributed by atoms with Crippen molar-refractivity contribution in [2.24, 2.45) is 5.92 Å². The van der Waals surface area contributed by atoms with Crippen molar-refractivity contribution in [1.82, 2.24) is 4.90 Å². The van der Waals surface area contributed by atoms with Gasteiger partial charge in [0.15, 0.2) is 11.5 Å². The Kier molecular flexibility index (Phi) is 4.67. The molecule has 0 bridgehead atoms. The van der Waals surface area contributed by atoms with Crippen LogP contribution >= 0.6 is 0 Å². The fourth-order valence-corrected chi connectivity index (χ4v) is 2.59. The Morgan fingerprint density at radius 2 is 1.81 bits per heavy atom. The van der Waals surface area contributed by atoms with Gasteiger partial charge in [0.2, 0.25) is 0 Å². The normalized spacial score (nSPS) is 15.9. The summed E-state index contributed by atoms with van der Waals surface area (Å²) < 4.78 is 0. The van der Waals surface area contributed by atoms with Crippen molar-refractivity contribution in [2.45, 2.75) is 25.7 Å². The molecule has 1 saturated heterocycles. The number of carboxylic acids is 1. The average molecular weight is 293 g/mol. The Labute approximate surface area is 122 Å². The lowest BCUT2D eigenvalue weighted by Gasteiger charge is -2.32. The largest absolute Gasteiger partial charge is 0.504 e. The van der Waals surface area contributed by atoms with Gasteiger partial charge in [0.25, 0.3) is 5.91 Å². The Bertz CT molecular complexity index is 535. The van der Waals surface area contributed by atoms with Crippen LogP contribution in [-0.4, -0.2) is 45.2 Å². The van der Waals surface area contributed by atoms with E-state index < -0.39 is 5.97 Å². The molecule has 3 N–H and O–H groups in total. The van der Waals surface area contributed by atoms with E-state index in [4.69, 9.17) is 5.11 Å². The van der Waals surface area contributed by atoms with Gasteiger partial charge in [-0.1, -0.05) is 0 Å². The zero-order valence-corrected chi connectivity index (χ0v) is 11.7. The number of rotatable bonds is 4. The van der Waals surface area contributed by atoms with E-state index in [1.165, 1.54) is 18.2 Å². The summed E-state index contributed by atoms with van der Waals surface area (Å²) in [5.74, 6) is -1.18. The van der Waals surface area contributed by atoms with Crippen LogP contribution in [0.4, 0.5) is 0 Å². The van der Waals surface area contributed by atoms with Crippen LogP contribution in [0.15, 0.2) is 18.2 Å². The van der Waals surface area contributed by atoms with Crippen molar-refractivity contribution in [3.8, 4) is 11.5 Å². The van der Waals surface area contributed by atoms with Gasteiger partial charge >= 0.3 is 5.97 Å². The molecule has 1 aliphatic heterocycles. The number of carbonyl (C=O) groups is 2. The molecule has 0 atom stereocenters. The molecule has 0 aliphatic carbocycles. The highest BCUT2D eigenvalue weighted by Gasteiger charge is 2.24. The molecule has 1 fully saturated rings. The van der Waals surface area contributed by atoms with Crippen molar-refractivity contribution in [1.29, 1.82) is 0 Å². The maximum Gasteiger partial charge on any atom is 0.303 e. The van der Waals surface area contributed by atoms with Crippen molar-refractivity contribution >= 4 is 11.9 Å². The van der Waals surface area contributed by atoms with Crippen LogP contribution in [0.5, 0.6) is 11.5 Å². The summed E-state index contributed by atoms with van der Waals surface area (Å²) in [4.78, 5) is 24.5. The van der Waals surface area contributed by atoms with Gasteiger partial charge < -0.3 is 20.2 Å². The van der Waals surface area contributed by atoms with Crippen molar-refractivity contribution in [3.63, 3.8) is 0 Å². The number of carboxylic acid groups (broad SMARTS) is 1. The molecule has 6 nitrogen and oxygen atoms in total. The minimum atomic E-state index is -0.784. The number of likely N-dealkylation sites (tertiary alicyclic amines) is 1. The van der Waals surface area contributed by atoms with Crippen LogP contribution in [-0.2, 0) is 4.79 Å². The van der Waals surface area contributed by atoms with Crippen LogP contribution in [0.3, 0.4) is 0 Å². The molecule has 0 saturated carbocycles. The maximum atomic E-state index is 12.3. The first-order chi connectivity index (χ1) is 9.97. The molecule has 1 aromatic rings. The molecule has 114 valence electrons. The van der Waals surface area contributed by atoms with E-state index in [2.05, 4.69) is 0 Å². The zero-order chi connectivity index (χ0) is 15.4. The van der Waals surface area contributed by atoms with E-state index >= 15 is 0 Å². The zero-order valence-electron chi connectivity index (χ0n) is 11.7. The fourth-order valence-electron chi connectivity index (χ4n) is 2.59. The number of benzene rings is 1. The number of piperidine rings is 1. The van der Waals surface area contributed by atoms with Crippen LogP contribution in [0, 0.1) is 5.92 Å². The topological polar surface area (TPSA) is 98.1 Å². The second kappa shape index (κ2) is 6.47. The van der Waals surface area contributed by atoms with Gasteiger partial charge in [-0.05, 0) is 43.4 Å². The Morgan fingerprint density at radius 3 is 2.38 bits per heavy atom. The minimum absolute atomic E-state index is 0.171. The molecule has 21 heavy (non-hydrogen) atoms. The molecule has 2 rings (SSSR count). The van der Waals surface area contributed by atoms with Gasteiger partial charge in [-0.2, -0.15) is 0 Å². The van der Waals surface area contributed by atoms with E-state index in [0.29, 0.717) is 31.0 Å². The first kappa shape index (κ1) is 15.2. The first-order valence-corrected chi connectivity index (χ1v) is 7.00. The van der Waals surface area contributed by atoms with Crippen LogP contribution in [0.2, 0.25) is 0 Å². The summed E-state index contributed by atoms with van der Waals surface area (Å²) in [5, 5.41) is 27.4. The third-order valence-electron chi connectivity index (χ3n) is 3.89. The van der Waals surface area contributed by atoms with Gasteiger partial charge in [0, 0.05) is 25.1 Å².